The molecule has 2 aliphatic heterocycles. The highest BCUT2D eigenvalue weighted by Crippen LogP contribution is 2.39. The summed E-state index contributed by atoms with van der Waals surface area (Å²) in [7, 11) is 2.26. The maximum atomic E-state index is 6.15. The first-order valence-electron chi connectivity index (χ1n) is 9.98. The highest BCUT2D eigenvalue weighted by atomic mass is 35.5. The Balaban J connectivity index is 1.28. The summed E-state index contributed by atoms with van der Waals surface area (Å²) in [5.41, 5.74) is 3.27. The van der Waals surface area contributed by atoms with Crippen LogP contribution in [-0.2, 0) is 0 Å². The average molecular weight is 409 g/mol. The molecule has 2 atom stereocenters. The Morgan fingerprint density at radius 1 is 1.10 bits per heavy atom. The molecule has 2 saturated heterocycles. The zero-order valence-corrected chi connectivity index (χ0v) is 16.8. The van der Waals surface area contributed by atoms with Gasteiger partial charge in [0.2, 0.25) is 0 Å². The number of aromatic amines is 1. The maximum Gasteiger partial charge on any atom is 0.134 e. The molecule has 1 aromatic carbocycles. The van der Waals surface area contributed by atoms with Crippen LogP contribution < -0.4 is 0 Å². The summed E-state index contributed by atoms with van der Waals surface area (Å²) in [5.74, 6) is 0. The highest BCUT2D eigenvalue weighted by Gasteiger charge is 2.39. The summed E-state index contributed by atoms with van der Waals surface area (Å²) >= 11 is 6.15. The molecule has 6 rings (SSSR count). The number of hydrogen-bond donors (Lipinski definition) is 1. The number of fused-ring (bicyclic) bond motifs is 3. The summed E-state index contributed by atoms with van der Waals surface area (Å²) < 4.78 is 3.87. The molecule has 8 nitrogen and oxygen atoms in total. The monoisotopic (exact) mass is 408 g/mol. The smallest absolute Gasteiger partial charge is 0.134 e. The molecule has 0 spiro atoms. The second kappa shape index (κ2) is 6.40. The fourth-order valence-corrected chi connectivity index (χ4v) is 5.10. The minimum atomic E-state index is 0.456. The lowest BCUT2D eigenvalue weighted by Gasteiger charge is -2.36. The van der Waals surface area contributed by atoms with E-state index in [0.717, 1.165) is 35.1 Å². The van der Waals surface area contributed by atoms with Gasteiger partial charge in [-0.05, 0) is 50.9 Å². The van der Waals surface area contributed by atoms with Gasteiger partial charge in [0.15, 0.2) is 0 Å². The van der Waals surface area contributed by atoms with Gasteiger partial charge in [-0.2, -0.15) is 10.2 Å². The second-order valence-electron chi connectivity index (χ2n) is 8.16. The van der Waals surface area contributed by atoms with E-state index in [-0.39, 0.29) is 0 Å². The molecule has 1 N–H and O–H groups in total. The molecular weight excluding hydrogens is 388 g/mol. The molecule has 3 aromatic heterocycles. The Morgan fingerprint density at radius 2 is 1.93 bits per heavy atom. The molecule has 2 bridgehead atoms. The largest absolute Gasteiger partial charge is 0.300 e. The lowest BCUT2D eigenvalue weighted by Crippen LogP contribution is -2.40. The van der Waals surface area contributed by atoms with E-state index in [1.54, 1.807) is 4.68 Å². The molecular formula is C20H21ClN8. The molecule has 0 saturated carbocycles. The van der Waals surface area contributed by atoms with Crippen LogP contribution in [0.25, 0.3) is 28.0 Å². The number of piperidine rings is 1. The van der Waals surface area contributed by atoms with E-state index in [1.807, 2.05) is 30.6 Å². The van der Waals surface area contributed by atoms with Gasteiger partial charge in [0, 0.05) is 22.5 Å². The van der Waals surface area contributed by atoms with Crippen LogP contribution in [0, 0.1) is 0 Å². The summed E-state index contributed by atoms with van der Waals surface area (Å²) in [4.78, 5) is 2.55. The van der Waals surface area contributed by atoms with Gasteiger partial charge in [-0.25, -0.2) is 4.68 Å². The predicted molar refractivity (Wildman–Crippen MR) is 110 cm³/mol. The van der Waals surface area contributed by atoms with E-state index in [4.69, 9.17) is 11.6 Å². The van der Waals surface area contributed by atoms with Crippen molar-refractivity contribution in [3.63, 3.8) is 0 Å². The molecule has 0 aliphatic carbocycles. The van der Waals surface area contributed by atoms with Gasteiger partial charge in [-0.15, -0.1) is 5.10 Å². The normalized spacial score (nSPS) is 24.6. The van der Waals surface area contributed by atoms with Crippen molar-refractivity contribution in [2.75, 3.05) is 7.05 Å². The molecule has 9 heteroatoms. The van der Waals surface area contributed by atoms with Crippen molar-refractivity contribution in [3.05, 3.63) is 41.8 Å². The third-order valence-electron chi connectivity index (χ3n) is 6.56. The summed E-state index contributed by atoms with van der Waals surface area (Å²) in [6, 6.07) is 7.47. The molecule has 0 radical (unpaired) electrons. The van der Waals surface area contributed by atoms with Crippen molar-refractivity contribution in [3.8, 4) is 17.1 Å². The SMILES string of the molecule is CN1C2CCC1CC(n1cc(-n3cc(-c4n[nH]c5ccc(Cl)cc45)nn3)cn1)C2. The van der Waals surface area contributed by atoms with Gasteiger partial charge in [0.05, 0.1) is 30.1 Å². The van der Waals surface area contributed by atoms with Crippen LogP contribution in [0.5, 0.6) is 0 Å². The fourth-order valence-electron chi connectivity index (χ4n) is 4.92. The topological polar surface area (TPSA) is 80.5 Å². The highest BCUT2D eigenvalue weighted by molar-refractivity contribution is 6.31. The number of nitrogens with zero attached hydrogens (tertiary/aromatic N) is 7. The fraction of sp³-hybridized carbons (Fsp3) is 0.400. The number of aromatic nitrogens is 7. The second-order valence-corrected chi connectivity index (χ2v) is 8.60. The first kappa shape index (κ1) is 17.2. The number of H-pyrrole nitrogens is 1. The Kier molecular flexibility index (Phi) is 3.79. The summed E-state index contributed by atoms with van der Waals surface area (Å²) in [6.45, 7) is 0. The van der Waals surface area contributed by atoms with Gasteiger partial charge in [-0.3, -0.25) is 9.78 Å². The Hall–Kier alpha value is -2.71. The van der Waals surface area contributed by atoms with Crippen LogP contribution in [-0.4, -0.2) is 59.0 Å². The first-order valence-corrected chi connectivity index (χ1v) is 10.4. The minimum Gasteiger partial charge on any atom is -0.300 e. The van der Waals surface area contributed by atoms with Gasteiger partial charge >= 0.3 is 0 Å². The lowest BCUT2D eigenvalue weighted by molar-refractivity contribution is 0.131. The predicted octanol–water partition coefficient (Wildman–Crippen LogP) is 3.46. The molecule has 4 aromatic rings. The standard InChI is InChI=1S/C20H21ClN8/c1-27-13-3-4-14(27)8-15(7-13)28-10-16(9-22-28)29-11-19(24-26-29)20-17-6-12(21)2-5-18(17)23-25-20/h2,5-6,9-11,13-15H,3-4,7-8H2,1H3,(H,23,25). The van der Waals surface area contributed by atoms with Crippen LogP contribution in [0.15, 0.2) is 36.8 Å². The molecule has 0 amide bonds. The molecule has 2 fully saturated rings. The van der Waals surface area contributed by atoms with Crippen molar-refractivity contribution in [2.24, 2.45) is 0 Å². The third-order valence-corrected chi connectivity index (χ3v) is 6.80. The van der Waals surface area contributed by atoms with Crippen molar-refractivity contribution < 1.29 is 0 Å². The van der Waals surface area contributed by atoms with E-state index in [1.165, 1.54) is 12.8 Å². The van der Waals surface area contributed by atoms with Gasteiger partial charge in [0.25, 0.3) is 0 Å². The zero-order chi connectivity index (χ0) is 19.5. The molecule has 148 valence electrons. The molecule has 5 heterocycles. The van der Waals surface area contributed by atoms with Gasteiger partial charge in [0.1, 0.15) is 17.1 Å². The van der Waals surface area contributed by atoms with Crippen molar-refractivity contribution in [2.45, 2.75) is 43.8 Å². The first-order chi connectivity index (χ1) is 14.2. The summed E-state index contributed by atoms with van der Waals surface area (Å²) in [5, 5.41) is 22.3. The van der Waals surface area contributed by atoms with E-state index in [0.29, 0.717) is 28.8 Å². The Bertz CT molecular complexity index is 1180. The van der Waals surface area contributed by atoms with E-state index in [2.05, 4.69) is 48.4 Å². The number of hydrogen-bond acceptors (Lipinski definition) is 5. The average Bonchev–Trinajstić information content (AvgIpc) is 3.48. The number of rotatable bonds is 3. The van der Waals surface area contributed by atoms with E-state index < -0.39 is 0 Å². The van der Waals surface area contributed by atoms with Crippen LogP contribution in [0.1, 0.15) is 31.7 Å². The molecule has 2 unspecified atom stereocenters. The zero-order valence-electron chi connectivity index (χ0n) is 16.0. The van der Waals surface area contributed by atoms with Crippen LogP contribution in [0.4, 0.5) is 0 Å². The maximum absolute atomic E-state index is 6.15. The third kappa shape index (κ3) is 2.78. The van der Waals surface area contributed by atoms with Crippen LogP contribution in [0.3, 0.4) is 0 Å². The number of benzene rings is 1. The van der Waals surface area contributed by atoms with E-state index in [9.17, 15) is 0 Å². The molecule has 29 heavy (non-hydrogen) atoms. The minimum absolute atomic E-state index is 0.456. The van der Waals surface area contributed by atoms with E-state index >= 15 is 0 Å². The number of nitrogens with one attached hydrogen (secondary N) is 1. The van der Waals surface area contributed by atoms with Crippen LogP contribution in [0.2, 0.25) is 5.02 Å². The summed E-state index contributed by atoms with van der Waals surface area (Å²) in [6.07, 6.45) is 10.8. The van der Waals surface area contributed by atoms with Crippen molar-refractivity contribution >= 4 is 22.5 Å². The molecule has 2 aliphatic rings. The van der Waals surface area contributed by atoms with Gasteiger partial charge in [-0.1, -0.05) is 16.8 Å². The quantitative estimate of drug-likeness (QED) is 0.561. The van der Waals surface area contributed by atoms with Crippen LogP contribution >= 0.6 is 11.6 Å². The number of halogens is 1. The van der Waals surface area contributed by atoms with Crippen molar-refractivity contribution in [1.29, 1.82) is 0 Å². The Morgan fingerprint density at radius 3 is 2.76 bits per heavy atom. The van der Waals surface area contributed by atoms with Crippen molar-refractivity contribution in [1.82, 2.24) is 39.9 Å². The van der Waals surface area contributed by atoms with Gasteiger partial charge < -0.3 is 4.90 Å². The Labute approximate surface area is 172 Å². The lowest BCUT2D eigenvalue weighted by atomic mass is 9.98.